The Balaban J connectivity index is 1.54. The molecule has 2 aliphatic heterocycles. The normalized spacial score (nSPS) is 19.9. The molecule has 7 heteroatoms. The van der Waals surface area contributed by atoms with Crippen molar-refractivity contribution in [2.24, 2.45) is 0 Å². The maximum Gasteiger partial charge on any atom is 0.157 e. The van der Waals surface area contributed by atoms with Crippen molar-refractivity contribution in [3.05, 3.63) is 60.2 Å². The summed E-state index contributed by atoms with van der Waals surface area (Å²) in [5.41, 5.74) is 1.43. The molecule has 0 spiro atoms. The van der Waals surface area contributed by atoms with E-state index in [0.717, 1.165) is 41.6 Å². The van der Waals surface area contributed by atoms with Crippen LogP contribution in [0, 0.1) is 5.82 Å². The summed E-state index contributed by atoms with van der Waals surface area (Å²) in [6.45, 7) is 2.46. The van der Waals surface area contributed by atoms with Gasteiger partial charge in [-0.2, -0.15) is 0 Å². The zero-order chi connectivity index (χ0) is 23.2. The highest BCUT2D eigenvalue weighted by atomic mass is 19.1. The van der Waals surface area contributed by atoms with E-state index in [4.69, 9.17) is 4.98 Å². The molecule has 6 rings (SSSR count). The number of nitrogens with one attached hydrogen (secondary N) is 2. The number of rotatable bonds is 5. The standard InChI is InChI=1S/C27H28FN5O/c1-29-11-10-24-31-26-22(27(32-24)33-14-17-6-7-18(15-33)30-17)9-8-21(25(26)28)23-13-19(34)12-16-4-2-3-5-20(16)23/h2-5,8-9,12-13,17-18,29-30,34H,6-7,10-11,14-15H2,1H3. The Labute approximate surface area is 197 Å². The van der Waals surface area contributed by atoms with Crippen molar-refractivity contribution in [3.63, 3.8) is 0 Å². The van der Waals surface area contributed by atoms with Gasteiger partial charge in [0.25, 0.3) is 0 Å². The number of aromatic nitrogens is 2. The first-order chi connectivity index (χ1) is 16.6. The number of anilines is 1. The molecule has 34 heavy (non-hydrogen) atoms. The summed E-state index contributed by atoms with van der Waals surface area (Å²) in [6, 6.07) is 15.7. The highest BCUT2D eigenvalue weighted by molar-refractivity contribution is 6.01. The Hall–Kier alpha value is -3.29. The van der Waals surface area contributed by atoms with Crippen LogP contribution in [0.1, 0.15) is 18.7 Å². The van der Waals surface area contributed by atoms with E-state index in [2.05, 4.69) is 20.5 Å². The van der Waals surface area contributed by atoms with Crippen LogP contribution in [0.2, 0.25) is 0 Å². The number of nitrogens with zero attached hydrogens (tertiary/aromatic N) is 3. The van der Waals surface area contributed by atoms with Crippen LogP contribution in [0.4, 0.5) is 10.2 Å². The zero-order valence-electron chi connectivity index (χ0n) is 19.2. The molecule has 0 amide bonds. The minimum atomic E-state index is -0.374. The monoisotopic (exact) mass is 457 g/mol. The van der Waals surface area contributed by atoms with Crippen LogP contribution in [0.5, 0.6) is 5.75 Å². The van der Waals surface area contributed by atoms with E-state index in [-0.39, 0.29) is 11.6 Å². The molecule has 2 atom stereocenters. The molecule has 6 nitrogen and oxygen atoms in total. The molecule has 0 saturated carbocycles. The number of phenolic OH excluding ortho intramolecular Hbond substituents is 1. The minimum absolute atomic E-state index is 0.113. The van der Waals surface area contributed by atoms with Gasteiger partial charge in [-0.05, 0) is 54.4 Å². The fourth-order valence-corrected chi connectivity index (χ4v) is 5.48. The first-order valence-electron chi connectivity index (χ1n) is 12.0. The van der Waals surface area contributed by atoms with E-state index in [9.17, 15) is 5.11 Å². The van der Waals surface area contributed by atoms with E-state index in [1.807, 2.05) is 37.4 Å². The Morgan fingerprint density at radius 3 is 2.62 bits per heavy atom. The predicted octanol–water partition coefficient (Wildman–Crippen LogP) is 4.00. The van der Waals surface area contributed by atoms with Crippen molar-refractivity contribution in [2.45, 2.75) is 31.3 Å². The van der Waals surface area contributed by atoms with E-state index in [1.54, 1.807) is 18.2 Å². The molecule has 0 aliphatic carbocycles. The summed E-state index contributed by atoms with van der Waals surface area (Å²) in [6.07, 6.45) is 2.96. The lowest BCUT2D eigenvalue weighted by molar-refractivity contribution is 0.463. The van der Waals surface area contributed by atoms with Crippen LogP contribution >= 0.6 is 0 Å². The van der Waals surface area contributed by atoms with Gasteiger partial charge in [0.2, 0.25) is 0 Å². The lowest BCUT2D eigenvalue weighted by atomic mass is 9.96. The van der Waals surface area contributed by atoms with Crippen molar-refractivity contribution in [1.82, 2.24) is 20.6 Å². The number of benzene rings is 3. The Morgan fingerprint density at radius 2 is 1.82 bits per heavy atom. The van der Waals surface area contributed by atoms with Crippen LogP contribution in [-0.4, -0.2) is 53.8 Å². The molecule has 3 aromatic carbocycles. The van der Waals surface area contributed by atoms with Gasteiger partial charge in [-0.1, -0.05) is 30.3 Å². The zero-order valence-corrected chi connectivity index (χ0v) is 19.2. The average molecular weight is 458 g/mol. The van der Waals surface area contributed by atoms with Gasteiger partial charge in [-0.25, -0.2) is 14.4 Å². The topological polar surface area (TPSA) is 73.3 Å². The van der Waals surface area contributed by atoms with E-state index in [0.29, 0.717) is 41.0 Å². The Bertz CT molecular complexity index is 1380. The summed E-state index contributed by atoms with van der Waals surface area (Å²) < 4.78 is 16.2. The van der Waals surface area contributed by atoms with Crippen molar-refractivity contribution in [1.29, 1.82) is 0 Å². The molecule has 2 saturated heterocycles. The van der Waals surface area contributed by atoms with Crippen LogP contribution < -0.4 is 15.5 Å². The van der Waals surface area contributed by atoms with Crippen molar-refractivity contribution in [2.75, 3.05) is 31.6 Å². The number of halogens is 1. The Kier molecular flexibility index (Phi) is 5.31. The second kappa shape index (κ2) is 8.49. The molecule has 2 fully saturated rings. The lowest BCUT2D eigenvalue weighted by Crippen LogP contribution is -2.51. The van der Waals surface area contributed by atoms with Gasteiger partial charge < -0.3 is 20.6 Å². The third kappa shape index (κ3) is 3.65. The summed E-state index contributed by atoms with van der Waals surface area (Å²) in [5.74, 6) is 1.20. The van der Waals surface area contributed by atoms with Gasteiger partial charge in [-0.3, -0.25) is 0 Å². The molecule has 0 radical (unpaired) electrons. The molecule has 1 aromatic heterocycles. The lowest BCUT2D eigenvalue weighted by Gasteiger charge is -2.34. The summed E-state index contributed by atoms with van der Waals surface area (Å²) >= 11 is 0. The highest BCUT2D eigenvalue weighted by Gasteiger charge is 2.34. The summed E-state index contributed by atoms with van der Waals surface area (Å²) in [5, 5.41) is 19.6. The average Bonchev–Trinajstić information content (AvgIpc) is 3.19. The van der Waals surface area contributed by atoms with Crippen LogP contribution in [0.15, 0.2) is 48.5 Å². The number of aromatic hydroxyl groups is 1. The second-order valence-corrected chi connectivity index (χ2v) is 9.40. The molecule has 3 N–H and O–H groups in total. The maximum atomic E-state index is 16.2. The molecule has 2 bridgehead atoms. The number of likely N-dealkylation sites (N-methyl/N-ethyl adjacent to an activating group) is 1. The SMILES string of the molecule is CNCCc1nc(N2CC3CCC(C2)N3)c2ccc(-c3cc(O)cc4ccccc34)c(F)c2n1. The van der Waals surface area contributed by atoms with Crippen molar-refractivity contribution >= 4 is 27.5 Å². The van der Waals surface area contributed by atoms with E-state index >= 15 is 4.39 Å². The molecular formula is C27H28FN5O. The fourth-order valence-electron chi connectivity index (χ4n) is 5.48. The number of fused-ring (bicyclic) bond motifs is 4. The van der Waals surface area contributed by atoms with Crippen LogP contribution in [0.25, 0.3) is 32.8 Å². The van der Waals surface area contributed by atoms with Gasteiger partial charge in [0.05, 0.1) is 0 Å². The molecule has 2 aliphatic rings. The van der Waals surface area contributed by atoms with Gasteiger partial charge in [0.1, 0.15) is 22.9 Å². The first-order valence-corrected chi connectivity index (χ1v) is 12.0. The first kappa shape index (κ1) is 21.3. The molecule has 2 unspecified atom stereocenters. The smallest absolute Gasteiger partial charge is 0.157 e. The third-order valence-electron chi connectivity index (χ3n) is 7.08. The molecule has 4 aromatic rings. The largest absolute Gasteiger partial charge is 0.508 e. The maximum absolute atomic E-state index is 16.2. The minimum Gasteiger partial charge on any atom is -0.508 e. The number of hydrogen-bond acceptors (Lipinski definition) is 6. The summed E-state index contributed by atoms with van der Waals surface area (Å²) in [7, 11) is 1.89. The number of phenols is 1. The quantitative estimate of drug-likeness (QED) is 0.421. The highest BCUT2D eigenvalue weighted by Crippen LogP contribution is 2.38. The van der Waals surface area contributed by atoms with Crippen molar-refractivity contribution < 1.29 is 9.50 Å². The van der Waals surface area contributed by atoms with Crippen LogP contribution in [-0.2, 0) is 6.42 Å². The molecule has 174 valence electrons. The number of piperazine rings is 1. The number of hydrogen-bond donors (Lipinski definition) is 3. The second-order valence-electron chi connectivity index (χ2n) is 9.40. The van der Waals surface area contributed by atoms with E-state index < -0.39 is 0 Å². The third-order valence-corrected chi connectivity index (χ3v) is 7.08. The van der Waals surface area contributed by atoms with Gasteiger partial charge in [0, 0.05) is 49.1 Å². The van der Waals surface area contributed by atoms with Gasteiger partial charge in [0.15, 0.2) is 5.82 Å². The fraction of sp³-hybridized carbons (Fsp3) is 0.333. The molecular weight excluding hydrogens is 429 g/mol. The van der Waals surface area contributed by atoms with Crippen LogP contribution in [0.3, 0.4) is 0 Å². The predicted molar refractivity (Wildman–Crippen MR) is 134 cm³/mol. The van der Waals surface area contributed by atoms with Crippen molar-refractivity contribution in [3.8, 4) is 16.9 Å². The molecule has 3 heterocycles. The Morgan fingerprint density at radius 1 is 1.03 bits per heavy atom. The summed E-state index contributed by atoms with van der Waals surface area (Å²) in [4.78, 5) is 11.9. The van der Waals surface area contributed by atoms with Gasteiger partial charge in [-0.15, -0.1) is 0 Å². The van der Waals surface area contributed by atoms with E-state index in [1.165, 1.54) is 12.8 Å². The van der Waals surface area contributed by atoms with Gasteiger partial charge >= 0.3 is 0 Å².